The number of amides is 1. The summed E-state index contributed by atoms with van der Waals surface area (Å²) in [5.41, 5.74) is 3.37. The first-order chi connectivity index (χ1) is 13.0. The van der Waals surface area contributed by atoms with E-state index in [1.54, 1.807) is 16.2 Å². The molecule has 27 heavy (non-hydrogen) atoms. The van der Waals surface area contributed by atoms with E-state index in [-0.39, 0.29) is 11.7 Å². The lowest BCUT2D eigenvalue weighted by molar-refractivity contribution is -0.894. The van der Waals surface area contributed by atoms with Gasteiger partial charge in [0.1, 0.15) is 19.5 Å². The van der Waals surface area contributed by atoms with Crippen LogP contribution < -0.4 is 9.80 Å². The highest BCUT2D eigenvalue weighted by Gasteiger charge is 2.27. The van der Waals surface area contributed by atoms with E-state index in [1.165, 1.54) is 22.3 Å². The van der Waals surface area contributed by atoms with Crippen LogP contribution in [0.1, 0.15) is 25.0 Å². The number of likely N-dealkylation sites (N-methyl/N-ethyl adjacent to an activating group) is 1. The van der Waals surface area contributed by atoms with Gasteiger partial charge in [0.05, 0.1) is 36.4 Å². The van der Waals surface area contributed by atoms with Gasteiger partial charge in [0.2, 0.25) is 5.76 Å². The number of rotatable bonds is 7. The molecule has 6 nitrogen and oxygen atoms in total. The molecule has 1 aromatic carbocycles. The number of anilines is 1. The van der Waals surface area contributed by atoms with Crippen molar-refractivity contribution in [1.82, 2.24) is 4.98 Å². The molecule has 0 aliphatic carbocycles. The van der Waals surface area contributed by atoms with E-state index in [0.717, 1.165) is 29.9 Å². The number of carbonyl (C=O) groups excluding carboxylic acids is 1. The fraction of sp³-hybridized carbons (Fsp3) is 0.500. The minimum absolute atomic E-state index is 0.186. The zero-order valence-electron chi connectivity index (χ0n) is 16.5. The molecular formula is C20H28N3O3S+. The van der Waals surface area contributed by atoms with Gasteiger partial charge < -0.3 is 14.4 Å². The summed E-state index contributed by atoms with van der Waals surface area (Å²) in [6.45, 7) is 12.9. The van der Waals surface area contributed by atoms with Gasteiger partial charge in [-0.15, -0.1) is 0 Å². The van der Waals surface area contributed by atoms with Gasteiger partial charge in [-0.25, -0.2) is 4.98 Å². The monoisotopic (exact) mass is 390 g/mol. The van der Waals surface area contributed by atoms with E-state index in [4.69, 9.17) is 14.5 Å². The second kappa shape index (κ2) is 8.71. The van der Waals surface area contributed by atoms with Gasteiger partial charge in [-0.1, -0.05) is 11.3 Å². The minimum atomic E-state index is -0.186. The number of nitrogens with one attached hydrogen (secondary N) is 1. The molecule has 1 amide bonds. The van der Waals surface area contributed by atoms with Crippen LogP contribution in [0.15, 0.2) is 24.2 Å². The third-order valence-electron chi connectivity index (χ3n) is 5.02. The number of aryl methyl sites for hydroxylation is 2. The molecule has 0 spiro atoms. The van der Waals surface area contributed by atoms with Crippen LogP contribution >= 0.6 is 11.3 Å². The van der Waals surface area contributed by atoms with Crippen molar-refractivity contribution in [3.05, 3.63) is 35.3 Å². The van der Waals surface area contributed by atoms with Crippen molar-refractivity contribution in [2.75, 3.05) is 44.3 Å². The van der Waals surface area contributed by atoms with Gasteiger partial charge in [0.15, 0.2) is 5.13 Å². The predicted molar refractivity (Wildman–Crippen MR) is 108 cm³/mol. The standard InChI is InChI=1S/C20H27N3O3S/c1-5-22(6-2)7-8-23(19(24)17-13-25-9-10-26-17)20-21-16-11-14(3)15(4)12-18(16)27-20/h11-13H,5-10H2,1-4H3/p+1. The molecule has 146 valence electrons. The first-order valence-corrected chi connectivity index (χ1v) is 10.3. The first-order valence-electron chi connectivity index (χ1n) is 9.51. The van der Waals surface area contributed by atoms with Gasteiger partial charge in [-0.05, 0) is 51.0 Å². The molecule has 2 heterocycles. The van der Waals surface area contributed by atoms with Crippen LogP contribution in [-0.4, -0.2) is 50.3 Å². The highest BCUT2D eigenvalue weighted by Crippen LogP contribution is 2.31. The average Bonchev–Trinajstić information content (AvgIpc) is 3.08. The number of benzene rings is 1. The van der Waals surface area contributed by atoms with Crippen LogP contribution in [0.2, 0.25) is 0 Å². The van der Waals surface area contributed by atoms with E-state index in [9.17, 15) is 4.79 Å². The van der Waals surface area contributed by atoms with Gasteiger partial charge in [0.25, 0.3) is 5.91 Å². The van der Waals surface area contributed by atoms with Crippen molar-refractivity contribution < 1.29 is 19.2 Å². The predicted octanol–water partition coefficient (Wildman–Crippen LogP) is 2.06. The van der Waals surface area contributed by atoms with Gasteiger partial charge in [0, 0.05) is 0 Å². The lowest BCUT2D eigenvalue weighted by atomic mass is 10.1. The van der Waals surface area contributed by atoms with E-state index < -0.39 is 0 Å². The number of thiazole rings is 1. The van der Waals surface area contributed by atoms with Crippen LogP contribution in [0.4, 0.5) is 5.13 Å². The molecule has 2 aromatic rings. The zero-order valence-corrected chi connectivity index (χ0v) is 17.3. The number of aromatic nitrogens is 1. The quantitative estimate of drug-likeness (QED) is 0.786. The Morgan fingerprint density at radius 1 is 1.22 bits per heavy atom. The fourth-order valence-electron chi connectivity index (χ4n) is 3.05. The summed E-state index contributed by atoms with van der Waals surface area (Å²) in [7, 11) is 0. The van der Waals surface area contributed by atoms with Crippen LogP contribution in [0.5, 0.6) is 0 Å². The van der Waals surface area contributed by atoms with Crippen LogP contribution in [0.25, 0.3) is 10.2 Å². The Bertz CT molecular complexity index is 803. The molecule has 1 aliphatic heterocycles. The number of fused-ring (bicyclic) bond motifs is 1. The summed E-state index contributed by atoms with van der Waals surface area (Å²) >= 11 is 1.55. The number of hydrogen-bond donors (Lipinski definition) is 1. The third-order valence-corrected chi connectivity index (χ3v) is 6.06. The molecule has 0 unspecified atom stereocenters. The Labute approximate surface area is 164 Å². The normalized spacial score (nSPS) is 14.0. The smallest absolute Gasteiger partial charge is 0.298 e. The van der Waals surface area contributed by atoms with Gasteiger partial charge in [-0.3, -0.25) is 9.69 Å². The second-order valence-corrected chi connectivity index (χ2v) is 7.77. The molecule has 0 saturated carbocycles. The SMILES string of the molecule is CC[NH+](CC)CCN(C(=O)C1=COCCO1)c1nc2cc(C)c(C)cc2s1. The molecule has 3 rings (SSSR count). The molecule has 0 bridgehead atoms. The van der Waals surface area contributed by atoms with E-state index in [2.05, 4.69) is 39.8 Å². The summed E-state index contributed by atoms with van der Waals surface area (Å²) in [6, 6.07) is 4.23. The topological polar surface area (TPSA) is 56.1 Å². The van der Waals surface area contributed by atoms with Crippen molar-refractivity contribution >= 4 is 32.6 Å². The average molecular weight is 391 g/mol. The molecule has 1 N–H and O–H groups in total. The first kappa shape index (κ1) is 19.6. The summed E-state index contributed by atoms with van der Waals surface area (Å²) in [6.07, 6.45) is 1.42. The van der Waals surface area contributed by atoms with Crippen LogP contribution in [-0.2, 0) is 14.3 Å². The molecule has 0 atom stereocenters. The number of carbonyl (C=O) groups is 1. The van der Waals surface area contributed by atoms with E-state index >= 15 is 0 Å². The minimum Gasteiger partial charge on any atom is -0.494 e. The number of ether oxygens (including phenoxy) is 2. The number of hydrogen-bond acceptors (Lipinski definition) is 5. The van der Waals surface area contributed by atoms with Crippen molar-refractivity contribution in [1.29, 1.82) is 0 Å². The molecule has 0 radical (unpaired) electrons. The lowest BCUT2D eigenvalue weighted by Crippen LogP contribution is -3.12. The Hall–Kier alpha value is -2.12. The van der Waals surface area contributed by atoms with E-state index in [1.807, 2.05) is 0 Å². The Morgan fingerprint density at radius 2 is 1.96 bits per heavy atom. The largest absolute Gasteiger partial charge is 0.494 e. The Balaban J connectivity index is 1.92. The maximum Gasteiger partial charge on any atom is 0.298 e. The van der Waals surface area contributed by atoms with Gasteiger partial charge >= 0.3 is 0 Å². The fourth-order valence-corrected chi connectivity index (χ4v) is 4.12. The highest BCUT2D eigenvalue weighted by molar-refractivity contribution is 7.22. The van der Waals surface area contributed by atoms with Crippen molar-refractivity contribution in [3.63, 3.8) is 0 Å². The molecule has 1 aromatic heterocycles. The second-order valence-electron chi connectivity index (χ2n) is 6.77. The van der Waals surface area contributed by atoms with Crippen molar-refractivity contribution in [3.8, 4) is 0 Å². The number of nitrogens with zero attached hydrogens (tertiary/aromatic N) is 2. The number of quaternary nitrogens is 1. The van der Waals surface area contributed by atoms with E-state index in [0.29, 0.717) is 24.9 Å². The zero-order chi connectivity index (χ0) is 19.4. The lowest BCUT2D eigenvalue weighted by Gasteiger charge is -2.24. The summed E-state index contributed by atoms with van der Waals surface area (Å²) < 4.78 is 11.9. The van der Waals surface area contributed by atoms with Crippen LogP contribution in [0, 0.1) is 13.8 Å². The maximum absolute atomic E-state index is 13.1. The summed E-state index contributed by atoms with van der Waals surface area (Å²) in [5.74, 6) is 0.0659. The molecule has 0 saturated heterocycles. The molecular weight excluding hydrogens is 362 g/mol. The van der Waals surface area contributed by atoms with Crippen LogP contribution in [0.3, 0.4) is 0 Å². The highest BCUT2D eigenvalue weighted by atomic mass is 32.1. The Kier molecular flexibility index (Phi) is 6.34. The molecule has 0 fully saturated rings. The Morgan fingerprint density at radius 3 is 2.63 bits per heavy atom. The van der Waals surface area contributed by atoms with Crippen molar-refractivity contribution in [2.45, 2.75) is 27.7 Å². The van der Waals surface area contributed by atoms with Crippen molar-refractivity contribution in [2.24, 2.45) is 0 Å². The molecule has 1 aliphatic rings. The maximum atomic E-state index is 13.1. The van der Waals surface area contributed by atoms with Gasteiger partial charge in [-0.2, -0.15) is 0 Å². The molecule has 7 heteroatoms. The summed E-state index contributed by atoms with van der Waals surface area (Å²) in [5, 5.41) is 0.710. The summed E-state index contributed by atoms with van der Waals surface area (Å²) in [4.78, 5) is 21.0. The third kappa shape index (κ3) is 4.42.